The topological polar surface area (TPSA) is 49.8 Å². The number of likely N-dealkylation sites (tertiary alicyclic amines) is 1. The van der Waals surface area contributed by atoms with E-state index in [9.17, 15) is 9.90 Å². The van der Waals surface area contributed by atoms with Crippen LogP contribution in [0.15, 0.2) is 30.3 Å². The van der Waals surface area contributed by atoms with Crippen molar-refractivity contribution >= 4 is 6.09 Å². The SMILES string of the molecule is CC(C)(C)OC(=O)N1CC[C@@H](Cc2ccccc2)[C@@H](O)C1. The van der Waals surface area contributed by atoms with Gasteiger partial charge in [-0.25, -0.2) is 4.79 Å². The van der Waals surface area contributed by atoms with Crippen LogP contribution in [0.3, 0.4) is 0 Å². The van der Waals surface area contributed by atoms with Crippen molar-refractivity contribution in [3.63, 3.8) is 0 Å². The van der Waals surface area contributed by atoms with Crippen LogP contribution in [0.5, 0.6) is 0 Å². The number of piperidine rings is 1. The molecule has 2 atom stereocenters. The van der Waals surface area contributed by atoms with Gasteiger partial charge < -0.3 is 14.7 Å². The Hall–Kier alpha value is -1.55. The third-order valence-electron chi connectivity index (χ3n) is 3.71. The predicted octanol–water partition coefficient (Wildman–Crippen LogP) is 2.85. The van der Waals surface area contributed by atoms with Gasteiger partial charge in [0.15, 0.2) is 0 Å². The van der Waals surface area contributed by atoms with Gasteiger partial charge in [-0.2, -0.15) is 0 Å². The van der Waals surface area contributed by atoms with E-state index in [0.29, 0.717) is 13.1 Å². The Morgan fingerprint density at radius 2 is 2.00 bits per heavy atom. The fraction of sp³-hybridized carbons (Fsp3) is 0.588. The van der Waals surface area contributed by atoms with E-state index in [1.165, 1.54) is 5.56 Å². The zero-order valence-electron chi connectivity index (χ0n) is 13.1. The van der Waals surface area contributed by atoms with E-state index in [1.807, 2.05) is 39.0 Å². The van der Waals surface area contributed by atoms with E-state index in [0.717, 1.165) is 12.8 Å². The van der Waals surface area contributed by atoms with Crippen LogP contribution in [0.2, 0.25) is 0 Å². The summed E-state index contributed by atoms with van der Waals surface area (Å²) in [4.78, 5) is 13.6. The zero-order valence-corrected chi connectivity index (χ0v) is 13.1. The van der Waals surface area contributed by atoms with Gasteiger partial charge in [0.2, 0.25) is 0 Å². The summed E-state index contributed by atoms with van der Waals surface area (Å²) in [5, 5.41) is 10.3. The first kappa shape index (κ1) is 15.8. The van der Waals surface area contributed by atoms with Gasteiger partial charge in [-0.3, -0.25) is 0 Å². The van der Waals surface area contributed by atoms with Crippen molar-refractivity contribution in [2.75, 3.05) is 13.1 Å². The smallest absolute Gasteiger partial charge is 0.410 e. The molecular weight excluding hydrogens is 266 g/mol. The normalized spacial score (nSPS) is 23.0. The van der Waals surface area contributed by atoms with Crippen LogP contribution in [-0.4, -0.2) is 40.9 Å². The van der Waals surface area contributed by atoms with E-state index < -0.39 is 11.7 Å². The highest BCUT2D eigenvalue weighted by Gasteiger charge is 2.32. The number of carbonyl (C=O) groups is 1. The molecule has 0 spiro atoms. The monoisotopic (exact) mass is 291 g/mol. The van der Waals surface area contributed by atoms with Crippen LogP contribution >= 0.6 is 0 Å². The van der Waals surface area contributed by atoms with Crippen molar-refractivity contribution < 1.29 is 14.6 Å². The van der Waals surface area contributed by atoms with E-state index in [4.69, 9.17) is 4.74 Å². The van der Waals surface area contributed by atoms with Gasteiger partial charge in [0.25, 0.3) is 0 Å². The van der Waals surface area contributed by atoms with Gasteiger partial charge >= 0.3 is 6.09 Å². The van der Waals surface area contributed by atoms with Crippen molar-refractivity contribution in [1.29, 1.82) is 0 Å². The number of hydrogen-bond acceptors (Lipinski definition) is 3. The van der Waals surface area contributed by atoms with Crippen molar-refractivity contribution in [1.82, 2.24) is 4.90 Å². The standard InChI is InChI=1S/C17H25NO3/c1-17(2,3)21-16(20)18-10-9-14(15(19)12-18)11-13-7-5-4-6-8-13/h4-8,14-15,19H,9-12H2,1-3H3/t14-,15-/m0/s1. The Morgan fingerprint density at radius 1 is 1.33 bits per heavy atom. The van der Waals surface area contributed by atoms with Gasteiger partial charge in [0.05, 0.1) is 12.6 Å². The number of amides is 1. The van der Waals surface area contributed by atoms with Gasteiger partial charge in [0.1, 0.15) is 5.60 Å². The second-order valence-corrected chi connectivity index (χ2v) is 6.73. The summed E-state index contributed by atoms with van der Waals surface area (Å²) in [6, 6.07) is 10.2. The number of aliphatic hydroxyl groups excluding tert-OH is 1. The maximum absolute atomic E-state index is 12.0. The Bertz CT molecular complexity index is 467. The minimum Gasteiger partial charge on any atom is -0.444 e. The number of aliphatic hydroxyl groups is 1. The first-order valence-corrected chi connectivity index (χ1v) is 7.55. The molecule has 4 heteroatoms. The minimum absolute atomic E-state index is 0.200. The fourth-order valence-electron chi connectivity index (χ4n) is 2.63. The summed E-state index contributed by atoms with van der Waals surface area (Å²) in [6.45, 7) is 6.55. The van der Waals surface area contributed by atoms with Crippen LogP contribution in [0.25, 0.3) is 0 Å². The quantitative estimate of drug-likeness (QED) is 0.911. The van der Waals surface area contributed by atoms with E-state index in [-0.39, 0.29) is 12.0 Å². The maximum atomic E-state index is 12.0. The number of carbonyl (C=O) groups excluding carboxylic acids is 1. The molecule has 0 aliphatic carbocycles. The number of ether oxygens (including phenoxy) is 1. The Morgan fingerprint density at radius 3 is 2.57 bits per heavy atom. The van der Waals surface area contributed by atoms with Crippen LogP contribution in [-0.2, 0) is 11.2 Å². The largest absolute Gasteiger partial charge is 0.444 e. The zero-order chi connectivity index (χ0) is 15.5. The molecule has 1 aromatic rings. The summed E-state index contributed by atoms with van der Waals surface area (Å²) >= 11 is 0. The molecule has 21 heavy (non-hydrogen) atoms. The minimum atomic E-state index is -0.497. The molecule has 0 bridgehead atoms. The number of rotatable bonds is 2. The highest BCUT2D eigenvalue weighted by Crippen LogP contribution is 2.23. The van der Waals surface area contributed by atoms with Crippen molar-refractivity contribution in [2.45, 2.75) is 45.3 Å². The molecule has 0 unspecified atom stereocenters. The lowest BCUT2D eigenvalue weighted by Crippen LogP contribution is -2.48. The number of nitrogens with zero attached hydrogens (tertiary/aromatic N) is 1. The first-order valence-electron chi connectivity index (χ1n) is 7.55. The highest BCUT2D eigenvalue weighted by atomic mass is 16.6. The Balaban J connectivity index is 1.89. The maximum Gasteiger partial charge on any atom is 0.410 e. The third-order valence-corrected chi connectivity index (χ3v) is 3.71. The van der Waals surface area contributed by atoms with Gasteiger partial charge in [0, 0.05) is 6.54 Å². The average molecular weight is 291 g/mol. The van der Waals surface area contributed by atoms with Crippen LogP contribution in [0, 0.1) is 5.92 Å². The van der Waals surface area contributed by atoms with E-state index >= 15 is 0 Å². The second-order valence-electron chi connectivity index (χ2n) is 6.73. The molecule has 0 radical (unpaired) electrons. The summed E-state index contributed by atoms with van der Waals surface area (Å²) in [7, 11) is 0. The molecule has 0 aromatic heterocycles. The lowest BCUT2D eigenvalue weighted by atomic mass is 9.88. The summed E-state index contributed by atoms with van der Waals surface area (Å²) < 4.78 is 5.35. The van der Waals surface area contributed by atoms with Crippen LogP contribution in [0.4, 0.5) is 4.79 Å². The summed E-state index contributed by atoms with van der Waals surface area (Å²) in [5.74, 6) is 0.200. The molecule has 1 N–H and O–H groups in total. The highest BCUT2D eigenvalue weighted by molar-refractivity contribution is 5.68. The molecule has 116 valence electrons. The number of benzene rings is 1. The van der Waals surface area contributed by atoms with Gasteiger partial charge in [-0.05, 0) is 45.1 Å². The summed E-state index contributed by atoms with van der Waals surface area (Å²) in [6.07, 6.45) is 0.825. The molecule has 1 amide bonds. The Kier molecular flexibility index (Phi) is 4.88. The molecule has 1 saturated heterocycles. The molecule has 4 nitrogen and oxygen atoms in total. The number of β-amino-alcohol motifs (C(OH)–C–C–N with tert-alkyl or cyclic N) is 1. The molecule has 1 aliphatic rings. The first-order chi connectivity index (χ1) is 9.85. The molecule has 1 fully saturated rings. The van der Waals surface area contributed by atoms with E-state index in [1.54, 1.807) is 4.90 Å². The van der Waals surface area contributed by atoms with Crippen molar-refractivity contribution in [2.24, 2.45) is 5.92 Å². The predicted molar refractivity (Wildman–Crippen MR) is 82.1 cm³/mol. The Labute approximate surface area is 126 Å². The molecule has 1 aromatic carbocycles. The lowest BCUT2D eigenvalue weighted by molar-refractivity contribution is -0.0125. The second kappa shape index (κ2) is 6.48. The van der Waals surface area contributed by atoms with Crippen molar-refractivity contribution in [3.05, 3.63) is 35.9 Å². The molecular formula is C17H25NO3. The van der Waals surface area contributed by atoms with Crippen LogP contribution in [0.1, 0.15) is 32.8 Å². The summed E-state index contributed by atoms with van der Waals surface area (Å²) in [5.41, 5.74) is 0.732. The van der Waals surface area contributed by atoms with Crippen molar-refractivity contribution in [3.8, 4) is 0 Å². The van der Waals surface area contributed by atoms with Gasteiger partial charge in [-0.15, -0.1) is 0 Å². The molecule has 1 aliphatic heterocycles. The van der Waals surface area contributed by atoms with Crippen LogP contribution < -0.4 is 0 Å². The molecule has 2 rings (SSSR count). The average Bonchev–Trinajstić information content (AvgIpc) is 2.40. The lowest BCUT2D eigenvalue weighted by Gasteiger charge is -2.36. The molecule has 1 heterocycles. The number of hydrogen-bond donors (Lipinski definition) is 1. The van der Waals surface area contributed by atoms with E-state index in [2.05, 4.69) is 12.1 Å². The fourth-order valence-corrected chi connectivity index (χ4v) is 2.63. The van der Waals surface area contributed by atoms with Gasteiger partial charge in [-0.1, -0.05) is 30.3 Å². The third kappa shape index (κ3) is 4.74. The molecule has 0 saturated carbocycles.